The van der Waals surface area contributed by atoms with Gasteiger partial charge in [-0.1, -0.05) is 0 Å². The molecule has 0 aromatic heterocycles. The van der Waals surface area contributed by atoms with Crippen molar-refractivity contribution in [2.45, 2.75) is 31.7 Å². The molecule has 3 saturated heterocycles. The smallest absolute Gasteiger partial charge is 0.414 e. The standard InChI is InChI=1S/C19H24FN3O5/c1-13(24)21-10-15-11-23(18(25)28-15)14-3-4-17(16(20)9-14)22-6-2-5-19(12-22)26-7-8-27-19/h3-4,9,15H,2,5-8,10-12H2,1H3,(H,21,24)/t15-/m0/s1. The molecule has 1 aromatic rings. The third-order valence-electron chi connectivity index (χ3n) is 5.27. The molecule has 3 heterocycles. The molecule has 8 nitrogen and oxygen atoms in total. The van der Waals surface area contributed by atoms with Crippen LogP contribution in [0, 0.1) is 5.82 Å². The fourth-order valence-electron chi connectivity index (χ4n) is 3.94. The van der Waals surface area contributed by atoms with Crippen LogP contribution in [-0.4, -0.2) is 63.3 Å². The van der Waals surface area contributed by atoms with Crippen molar-refractivity contribution >= 4 is 23.4 Å². The van der Waals surface area contributed by atoms with E-state index in [1.54, 1.807) is 12.1 Å². The summed E-state index contributed by atoms with van der Waals surface area (Å²) < 4.78 is 31.6. The first-order valence-corrected chi connectivity index (χ1v) is 9.51. The molecule has 3 aliphatic heterocycles. The molecular weight excluding hydrogens is 369 g/mol. The maximum atomic E-state index is 14.9. The summed E-state index contributed by atoms with van der Waals surface area (Å²) in [7, 11) is 0. The maximum Gasteiger partial charge on any atom is 0.414 e. The maximum absolute atomic E-state index is 14.9. The van der Waals surface area contributed by atoms with E-state index in [2.05, 4.69) is 5.32 Å². The van der Waals surface area contributed by atoms with Gasteiger partial charge in [-0.15, -0.1) is 0 Å². The van der Waals surface area contributed by atoms with Crippen LogP contribution in [0.5, 0.6) is 0 Å². The summed E-state index contributed by atoms with van der Waals surface area (Å²) in [5, 5.41) is 2.62. The number of nitrogens with zero attached hydrogens (tertiary/aromatic N) is 2. The van der Waals surface area contributed by atoms with Crippen LogP contribution in [-0.2, 0) is 19.0 Å². The Labute approximate surface area is 162 Å². The summed E-state index contributed by atoms with van der Waals surface area (Å²) in [5.41, 5.74) is 0.890. The summed E-state index contributed by atoms with van der Waals surface area (Å²) in [6.45, 7) is 4.20. The number of hydrogen-bond acceptors (Lipinski definition) is 6. The number of anilines is 2. The topological polar surface area (TPSA) is 80.3 Å². The minimum absolute atomic E-state index is 0.195. The van der Waals surface area contributed by atoms with Gasteiger partial charge < -0.3 is 24.4 Å². The van der Waals surface area contributed by atoms with Gasteiger partial charge in [-0.05, 0) is 24.6 Å². The Morgan fingerprint density at radius 2 is 2.14 bits per heavy atom. The zero-order valence-electron chi connectivity index (χ0n) is 15.8. The highest BCUT2D eigenvalue weighted by Gasteiger charge is 2.41. The predicted octanol–water partition coefficient (Wildman–Crippen LogP) is 1.63. The van der Waals surface area contributed by atoms with Crippen LogP contribution in [0.15, 0.2) is 18.2 Å². The number of nitrogens with one attached hydrogen (secondary N) is 1. The highest BCUT2D eigenvalue weighted by atomic mass is 19.1. The largest absolute Gasteiger partial charge is 0.442 e. The molecule has 0 aliphatic carbocycles. The molecule has 152 valence electrons. The van der Waals surface area contributed by atoms with E-state index in [9.17, 15) is 14.0 Å². The average molecular weight is 393 g/mol. The second-order valence-corrected chi connectivity index (χ2v) is 7.32. The van der Waals surface area contributed by atoms with E-state index in [1.807, 2.05) is 4.90 Å². The van der Waals surface area contributed by atoms with Crippen molar-refractivity contribution in [2.75, 3.05) is 49.2 Å². The second-order valence-electron chi connectivity index (χ2n) is 7.32. The van der Waals surface area contributed by atoms with Crippen molar-refractivity contribution < 1.29 is 28.2 Å². The van der Waals surface area contributed by atoms with Crippen LogP contribution >= 0.6 is 0 Å². The first-order valence-electron chi connectivity index (χ1n) is 9.51. The van der Waals surface area contributed by atoms with E-state index < -0.39 is 23.8 Å². The molecule has 28 heavy (non-hydrogen) atoms. The molecule has 0 radical (unpaired) electrons. The Bertz CT molecular complexity index is 768. The molecule has 0 saturated carbocycles. The van der Waals surface area contributed by atoms with Crippen molar-refractivity contribution in [2.24, 2.45) is 0 Å². The van der Waals surface area contributed by atoms with Crippen molar-refractivity contribution in [3.63, 3.8) is 0 Å². The number of ether oxygens (including phenoxy) is 3. The summed E-state index contributed by atoms with van der Waals surface area (Å²) in [4.78, 5) is 26.4. The van der Waals surface area contributed by atoms with Gasteiger partial charge in [-0.3, -0.25) is 9.69 Å². The summed E-state index contributed by atoms with van der Waals surface area (Å²) >= 11 is 0. The first-order chi connectivity index (χ1) is 13.5. The molecule has 0 unspecified atom stereocenters. The highest BCUT2D eigenvalue weighted by molar-refractivity contribution is 5.90. The number of benzene rings is 1. The van der Waals surface area contributed by atoms with E-state index in [0.29, 0.717) is 31.1 Å². The molecule has 0 bridgehead atoms. The molecular formula is C19H24FN3O5. The monoisotopic (exact) mass is 393 g/mol. The number of hydrogen-bond donors (Lipinski definition) is 1. The van der Waals surface area contributed by atoms with Crippen LogP contribution in [0.2, 0.25) is 0 Å². The minimum atomic E-state index is -0.640. The Hall–Kier alpha value is -2.39. The van der Waals surface area contributed by atoms with Crippen molar-refractivity contribution in [1.82, 2.24) is 5.32 Å². The Morgan fingerprint density at radius 1 is 1.36 bits per heavy atom. The molecule has 1 spiro atoms. The van der Waals surface area contributed by atoms with Gasteiger partial charge in [-0.25, -0.2) is 9.18 Å². The van der Waals surface area contributed by atoms with Crippen LogP contribution in [0.25, 0.3) is 0 Å². The lowest BCUT2D eigenvalue weighted by Gasteiger charge is -2.40. The van der Waals surface area contributed by atoms with Gasteiger partial charge in [0.1, 0.15) is 11.9 Å². The van der Waals surface area contributed by atoms with Crippen molar-refractivity contribution in [3.05, 3.63) is 24.0 Å². The fraction of sp³-hybridized carbons (Fsp3) is 0.579. The predicted molar refractivity (Wildman–Crippen MR) is 98.8 cm³/mol. The van der Waals surface area contributed by atoms with E-state index in [0.717, 1.165) is 19.4 Å². The second kappa shape index (κ2) is 7.56. The van der Waals surface area contributed by atoms with Crippen molar-refractivity contribution in [3.8, 4) is 0 Å². The van der Waals surface area contributed by atoms with Gasteiger partial charge in [0, 0.05) is 19.9 Å². The van der Waals surface area contributed by atoms with Crippen LogP contribution in [0.4, 0.5) is 20.6 Å². The minimum Gasteiger partial charge on any atom is -0.442 e. The summed E-state index contributed by atoms with van der Waals surface area (Å²) in [5.74, 6) is -1.25. The normalized spacial score (nSPS) is 23.9. The average Bonchev–Trinajstić information content (AvgIpc) is 3.26. The number of carbonyl (C=O) groups is 2. The summed E-state index contributed by atoms with van der Waals surface area (Å²) in [6, 6.07) is 4.72. The van der Waals surface area contributed by atoms with Gasteiger partial charge in [0.05, 0.1) is 44.2 Å². The Kier molecular flexibility index (Phi) is 5.11. The molecule has 1 atom stereocenters. The van der Waals surface area contributed by atoms with E-state index in [1.165, 1.54) is 17.9 Å². The van der Waals surface area contributed by atoms with E-state index in [-0.39, 0.29) is 19.0 Å². The van der Waals surface area contributed by atoms with Crippen molar-refractivity contribution in [1.29, 1.82) is 0 Å². The number of halogens is 1. The number of amides is 2. The zero-order valence-corrected chi connectivity index (χ0v) is 15.8. The molecule has 3 fully saturated rings. The van der Waals surface area contributed by atoms with Gasteiger partial charge in [0.2, 0.25) is 5.91 Å². The van der Waals surface area contributed by atoms with Crippen LogP contribution < -0.4 is 15.1 Å². The number of carbonyl (C=O) groups excluding carboxylic acids is 2. The Balaban J connectivity index is 1.46. The number of rotatable bonds is 4. The van der Waals surface area contributed by atoms with Gasteiger partial charge in [0.15, 0.2) is 5.79 Å². The molecule has 2 amide bonds. The molecule has 1 N–H and O–H groups in total. The zero-order chi connectivity index (χ0) is 19.7. The van der Waals surface area contributed by atoms with Crippen LogP contribution in [0.3, 0.4) is 0 Å². The summed E-state index contributed by atoms with van der Waals surface area (Å²) in [6.07, 6.45) is 0.646. The molecule has 1 aromatic carbocycles. The van der Waals surface area contributed by atoms with E-state index >= 15 is 0 Å². The van der Waals surface area contributed by atoms with Gasteiger partial charge >= 0.3 is 6.09 Å². The number of cyclic esters (lactones) is 1. The third kappa shape index (κ3) is 3.77. The molecule has 4 rings (SSSR count). The van der Waals surface area contributed by atoms with Gasteiger partial charge in [0.25, 0.3) is 0 Å². The van der Waals surface area contributed by atoms with E-state index in [4.69, 9.17) is 14.2 Å². The molecule has 9 heteroatoms. The quantitative estimate of drug-likeness (QED) is 0.838. The molecule has 3 aliphatic rings. The van der Waals surface area contributed by atoms with Crippen LogP contribution in [0.1, 0.15) is 19.8 Å². The third-order valence-corrected chi connectivity index (χ3v) is 5.27. The SMILES string of the molecule is CC(=O)NC[C@H]1CN(c2ccc(N3CCCC4(C3)OCCO4)c(F)c2)C(=O)O1. The lowest BCUT2D eigenvalue weighted by atomic mass is 10.0. The first kappa shape index (κ1) is 18.9. The number of piperidine rings is 1. The fourth-order valence-corrected chi connectivity index (χ4v) is 3.94. The van der Waals surface area contributed by atoms with Gasteiger partial charge in [-0.2, -0.15) is 0 Å². The highest BCUT2D eigenvalue weighted by Crippen LogP contribution is 2.35. The Morgan fingerprint density at radius 3 is 2.86 bits per heavy atom. The lowest BCUT2D eigenvalue weighted by molar-refractivity contribution is -0.161. The lowest BCUT2D eigenvalue weighted by Crippen LogP contribution is -2.49.